The molecule has 1 aromatic carbocycles. The van der Waals surface area contributed by atoms with Crippen molar-refractivity contribution in [3.63, 3.8) is 0 Å². The normalized spacial score (nSPS) is 11.4. The Hall–Kier alpha value is -2.37. The Labute approximate surface area is 116 Å². The zero-order valence-corrected chi connectivity index (χ0v) is 11.6. The molecule has 1 amide bonds. The number of aromatic nitrogens is 2. The SMILES string of the molecule is CC(C)(C)c1cc(NC(=O)c2ccc(N)c(F)c2)n[nH]1. The Morgan fingerprint density at radius 3 is 2.60 bits per heavy atom. The van der Waals surface area contributed by atoms with Crippen molar-refractivity contribution in [1.82, 2.24) is 10.2 Å². The number of rotatable bonds is 2. The van der Waals surface area contributed by atoms with Crippen LogP contribution in [0.2, 0.25) is 0 Å². The van der Waals surface area contributed by atoms with Crippen molar-refractivity contribution in [1.29, 1.82) is 0 Å². The summed E-state index contributed by atoms with van der Waals surface area (Å²) in [6.07, 6.45) is 0. The lowest BCUT2D eigenvalue weighted by Gasteiger charge is -2.14. The van der Waals surface area contributed by atoms with Crippen molar-refractivity contribution in [2.24, 2.45) is 0 Å². The lowest BCUT2D eigenvalue weighted by Crippen LogP contribution is -2.13. The minimum Gasteiger partial charge on any atom is -0.396 e. The van der Waals surface area contributed by atoms with Crippen LogP contribution in [0, 0.1) is 5.82 Å². The lowest BCUT2D eigenvalue weighted by molar-refractivity contribution is 0.102. The summed E-state index contributed by atoms with van der Waals surface area (Å²) in [6.45, 7) is 6.09. The van der Waals surface area contributed by atoms with Crippen molar-refractivity contribution in [3.8, 4) is 0 Å². The maximum absolute atomic E-state index is 13.3. The first-order chi connectivity index (χ1) is 9.27. The summed E-state index contributed by atoms with van der Waals surface area (Å²) in [7, 11) is 0. The third-order valence-electron chi connectivity index (χ3n) is 2.89. The molecule has 0 atom stereocenters. The van der Waals surface area contributed by atoms with E-state index < -0.39 is 11.7 Å². The highest BCUT2D eigenvalue weighted by molar-refractivity contribution is 6.03. The van der Waals surface area contributed by atoms with Crippen LogP contribution in [0.15, 0.2) is 24.3 Å². The van der Waals surface area contributed by atoms with Gasteiger partial charge in [-0.3, -0.25) is 9.89 Å². The molecule has 0 unspecified atom stereocenters. The van der Waals surface area contributed by atoms with Gasteiger partial charge in [-0.05, 0) is 18.2 Å². The molecule has 0 aliphatic carbocycles. The number of nitrogen functional groups attached to an aromatic ring is 1. The van der Waals surface area contributed by atoms with Crippen LogP contribution in [0.3, 0.4) is 0 Å². The van der Waals surface area contributed by atoms with Gasteiger partial charge >= 0.3 is 0 Å². The van der Waals surface area contributed by atoms with Gasteiger partial charge in [0.1, 0.15) is 5.82 Å². The lowest BCUT2D eigenvalue weighted by atomic mass is 9.92. The first kappa shape index (κ1) is 14.0. The smallest absolute Gasteiger partial charge is 0.256 e. The fourth-order valence-electron chi connectivity index (χ4n) is 1.63. The van der Waals surface area contributed by atoms with Gasteiger partial charge in [0, 0.05) is 22.7 Å². The standard InChI is InChI=1S/C14H17FN4O/c1-14(2,3)11-7-12(19-18-11)17-13(20)8-4-5-10(16)9(15)6-8/h4-7H,16H2,1-3H3,(H2,17,18,19,20). The second kappa shape index (κ2) is 4.96. The fraction of sp³-hybridized carbons (Fsp3) is 0.286. The van der Waals surface area contributed by atoms with E-state index in [-0.39, 0.29) is 16.7 Å². The van der Waals surface area contributed by atoms with Gasteiger partial charge in [0.05, 0.1) is 5.69 Å². The number of hydrogen-bond acceptors (Lipinski definition) is 3. The summed E-state index contributed by atoms with van der Waals surface area (Å²) >= 11 is 0. The van der Waals surface area contributed by atoms with Gasteiger partial charge in [-0.1, -0.05) is 20.8 Å². The zero-order valence-electron chi connectivity index (χ0n) is 11.6. The predicted octanol–water partition coefficient (Wildman–Crippen LogP) is 2.68. The molecule has 106 valence electrons. The molecule has 0 aliphatic rings. The van der Waals surface area contributed by atoms with Gasteiger partial charge in [-0.15, -0.1) is 0 Å². The van der Waals surface area contributed by atoms with Crippen molar-refractivity contribution in [2.45, 2.75) is 26.2 Å². The Balaban J connectivity index is 2.15. The van der Waals surface area contributed by atoms with Crippen molar-refractivity contribution in [3.05, 3.63) is 41.3 Å². The van der Waals surface area contributed by atoms with Crippen LogP contribution in [0.1, 0.15) is 36.8 Å². The molecule has 0 fully saturated rings. The molecule has 0 bridgehead atoms. The Morgan fingerprint density at radius 2 is 2.05 bits per heavy atom. The van der Waals surface area contributed by atoms with Gasteiger partial charge in [0.15, 0.2) is 5.82 Å². The van der Waals surface area contributed by atoms with Crippen molar-refractivity contribution in [2.75, 3.05) is 11.1 Å². The number of nitrogens with zero attached hydrogens (tertiary/aromatic N) is 1. The number of amides is 1. The van der Waals surface area contributed by atoms with E-state index in [9.17, 15) is 9.18 Å². The summed E-state index contributed by atoms with van der Waals surface area (Å²) in [5.74, 6) is -0.650. The molecule has 0 spiro atoms. The Morgan fingerprint density at radius 1 is 1.35 bits per heavy atom. The topological polar surface area (TPSA) is 83.8 Å². The zero-order chi connectivity index (χ0) is 14.9. The van der Waals surface area contributed by atoms with E-state index in [4.69, 9.17) is 5.73 Å². The van der Waals surface area contributed by atoms with E-state index in [2.05, 4.69) is 15.5 Å². The van der Waals surface area contributed by atoms with Crippen molar-refractivity contribution >= 4 is 17.4 Å². The highest BCUT2D eigenvalue weighted by Crippen LogP contribution is 2.22. The number of benzene rings is 1. The third kappa shape index (κ3) is 2.96. The highest BCUT2D eigenvalue weighted by Gasteiger charge is 2.18. The molecular formula is C14H17FN4O. The molecule has 0 saturated carbocycles. The maximum atomic E-state index is 13.3. The largest absolute Gasteiger partial charge is 0.396 e. The maximum Gasteiger partial charge on any atom is 0.256 e. The third-order valence-corrected chi connectivity index (χ3v) is 2.89. The number of aromatic amines is 1. The second-order valence-corrected chi connectivity index (χ2v) is 5.61. The quantitative estimate of drug-likeness (QED) is 0.737. The van der Waals surface area contributed by atoms with Crippen LogP contribution < -0.4 is 11.1 Å². The number of carbonyl (C=O) groups excluding carboxylic acids is 1. The molecule has 1 aromatic heterocycles. The molecule has 20 heavy (non-hydrogen) atoms. The number of carbonyl (C=O) groups is 1. The van der Waals surface area contributed by atoms with Gasteiger partial charge < -0.3 is 11.1 Å². The molecule has 4 N–H and O–H groups in total. The number of anilines is 2. The molecule has 0 radical (unpaired) electrons. The predicted molar refractivity (Wildman–Crippen MR) is 76.1 cm³/mol. The number of hydrogen-bond donors (Lipinski definition) is 3. The Bertz CT molecular complexity index is 643. The van der Waals surface area contributed by atoms with Crippen molar-refractivity contribution < 1.29 is 9.18 Å². The summed E-state index contributed by atoms with van der Waals surface area (Å²) in [6, 6.07) is 5.67. The number of H-pyrrole nitrogens is 1. The second-order valence-electron chi connectivity index (χ2n) is 5.61. The first-order valence-corrected chi connectivity index (χ1v) is 6.19. The number of nitrogens with one attached hydrogen (secondary N) is 2. The molecule has 5 nitrogen and oxygen atoms in total. The van der Waals surface area contributed by atoms with Crippen LogP contribution >= 0.6 is 0 Å². The molecule has 2 aromatic rings. The summed E-state index contributed by atoms with van der Waals surface area (Å²) in [4.78, 5) is 12.0. The van der Waals surface area contributed by atoms with E-state index in [0.717, 1.165) is 11.8 Å². The minimum absolute atomic E-state index is 0.0105. The summed E-state index contributed by atoms with van der Waals surface area (Å²) in [5, 5.41) is 9.49. The molecule has 2 rings (SSSR count). The number of nitrogens with two attached hydrogens (primary N) is 1. The average Bonchev–Trinajstić information content (AvgIpc) is 2.81. The fourth-order valence-corrected chi connectivity index (χ4v) is 1.63. The van der Waals surface area contributed by atoms with Crippen LogP contribution in [-0.4, -0.2) is 16.1 Å². The van der Waals surface area contributed by atoms with E-state index in [1.165, 1.54) is 12.1 Å². The van der Waals surface area contributed by atoms with E-state index >= 15 is 0 Å². The highest BCUT2D eigenvalue weighted by atomic mass is 19.1. The first-order valence-electron chi connectivity index (χ1n) is 6.19. The minimum atomic E-state index is -0.616. The van der Waals surface area contributed by atoms with Gasteiger partial charge in [0.2, 0.25) is 0 Å². The van der Waals surface area contributed by atoms with Gasteiger partial charge in [-0.25, -0.2) is 4.39 Å². The van der Waals surface area contributed by atoms with E-state index in [1.54, 1.807) is 6.07 Å². The molecule has 0 saturated heterocycles. The van der Waals surface area contributed by atoms with Crippen LogP contribution in [0.5, 0.6) is 0 Å². The molecule has 1 heterocycles. The average molecular weight is 276 g/mol. The van der Waals surface area contributed by atoms with E-state index in [1.807, 2.05) is 20.8 Å². The molecule has 6 heteroatoms. The van der Waals surface area contributed by atoms with Gasteiger partial charge in [-0.2, -0.15) is 5.10 Å². The Kier molecular flexibility index (Phi) is 3.48. The monoisotopic (exact) mass is 276 g/mol. The molecule has 0 aliphatic heterocycles. The van der Waals surface area contributed by atoms with Crippen LogP contribution in [0.4, 0.5) is 15.9 Å². The van der Waals surface area contributed by atoms with Gasteiger partial charge in [0.25, 0.3) is 5.91 Å². The van der Waals surface area contributed by atoms with Crippen LogP contribution in [-0.2, 0) is 5.41 Å². The summed E-state index contributed by atoms with van der Waals surface area (Å²) < 4.78 is 13.3. The number of halogens is 1. The summed E-state index contributed by atoms with van der Waals surface area (Å²) in [5.41, 5.74) is 6.38. The van der Waals surface area contributed by atoms with Crippen LogP contribution in [0.25, 0.3) is 0 Å². The van der Waals surface area contributed by atoms with E-state index in [0.29, 0.717) is 5.82 Å². The molecular weight excluding hydrogens is 259 g/mol.